The molecule has 1 aliphatic rings. The van der Waals surface area contributed by atoms with Crippen molar-refractivity contribution in [1.82, 2.24) is 9.55 Å². The van der Waals surface area contributed by atoms with E-state index in [1.165, 1.54) is 20.0 Å². The van der Waals surface area contributed by atoms with Crippen molar-refractivity contribution < 1.29 is 20.1 Å². The zero-order valence-electron chi connectivity index (χ0n) is 10.5. The van der Waals surface area contributed by atoms with E-state index < -0.39 is 41.9 Å². The second-order valence-corrected chi connectivity index (χ2v) is 4.77. The Morgan fingerprint density at radius 2 is 2.11 bits per heavy atom. The number of aromatic amines is 1. The van der Waals surface area contributed by atoms with Crippen LogP contribution in [0.3, 0.4) is 0 Å². The number of aromatic nitrogens is 2. The van der Waals surface area contributed by atoms with Gasteiger partial charge in [0.1, 0.15) is 18.3 Å². The molecular weight excluding hydrogens is 256 g/mol. The SMILES string of the molecule is Cc1cn([C@]2(C)O[C@H](CO)[C@H](O)C2O)c(=O)[nH]c1=O. The Morgan fingerprint density at radius 1 is 1.47 bits per heavy atom. The Balaban J connectivity index is 2.55. The zero-order chi connectivity index (χ0) is 14.4. The molecule has 1 fully saturated rings. The molecule has 2 rings (SSSR count). The average Bonchev–Trinajstić information content (AvgIpc) is 2.59. The van der Waals surface area contributed by atoms with Gasteiger partial charge in [0, 0.05) is 11.8 Å². The number of hydrogen-bond donors (Lipinski definition) is 4. The summed E-state index contributed by atoms with van der Waals surface area (Å²) in [5, 5.41) is 28.8. The number of aliphatic hydroxyl groups is 3. The first-order valence-electron chi connectivity index (χ1n) is 5.79. The highest BCUT2D eigenvalue weighted by Crippen LogP contribution is 2.34. The van der Waals surface area contributed by atoms with Crippen LogP contribution >= 0.6 is 0 Å². The van der Waals surface area contributed by atoms with Gasteiger partial charge in [0.05, 0.1) is 6.61 Å². The molecule has 0 aliphatic carbocycles. The van der Waals surface area contributed by atoms with Gasteiger partial charge in [-0.25, -0.2) is 4.79 Å². The van der Waals surface area contributed by atoms with Gasteiger partial charge in [-0.2, -0.15) is 0 Å². The van der Waals surface area contributed by atoms with E-state index in [4.69, 9.17) is 9.84 Å². The summed E-state index contributed by atoms with van der Waals surface area (Å²) >= 11 is 0. The molecule has 1 saturated heterocycles. The van der Waals surface area contributed by atoms with E-state index in [0.29, 0.717) is 0 Å². The van der Waals surface area contributed by atoms with Gasteiger partial charge in [0.2, 0.25) is 0 Å². The van der Waals surface area contributed by atoms with Gasteiger partial charge in [-0.3, -0.25) is 14.3 Å². The average molecular weight is 272 g/mol. The number of aryl methyl sites for hydroxylation is 1. The van der Waals surface area contributed by atoms with Crippen molar-refractivity contribution in [3.63, 3.8) is 0 Å². The van der Waals surface area contributed by atoms with Crippen molar-refractivity contribution in [3.8, 4) is 0 Å². The number of ether oxygens (including phenoxy) is 1. The van der Waals surface area contributed by atoms with Crippen LogP contribution in [0.5, 0.6) is 0 Å². The molecule has 0 radical (unpaired) electrons. The van der Waals surface area contributed by atoms with Crippen molar-refractivity contribution in [3.05, 3.63) is 32.6 Å². The second-order valence-electron chi connectivity index (χ2n) is 4.77. The Bertz CT molecular complexity index is 594. The minimum Gasteiger partial charge on any atom is -0.394 e. The molecule has 1 unspecified atom stereocenters. The quantitative estimate of drug-likeness (QED) is 0.477. The number of hydrogen-bond acceptors (Lipinski definition) is 6. The molecule has 0 bridgehead atoms. The molecule has 0 aromatic carbocycles. The molecule has 0 amide bonds. The summed E-state index contributed by atoms with van der Waals surface area (Å²) in [6.45, 7) is 2.40. The maximum Gasteiger partial charge on any atom is 0.330 e. The van der Waals surface area contributed by atoms with Gasteiger partial charge in [-0.15, -0.1) is 0 Å². The normalized spacial score (nSPS) is 34.7. The molecule has 106 valence electrons. The van der Waals surface area contributed by atoms with Gasteiger partial charge in [-0.1, -0.05) is 0 Å². The van der Waals surface area contributed by atoms with Crippen molar-refractivity contribution >= 4 is 0 Å². The third-order valence-corrected chi connectivity index (χ3v) is 3.42. The lowest BCUT2D eigenvalue weighted by atomic mass is 10.0. The standard InChI is InChI=1S/C11H16N2O6/c1-5-3-13(10(18)12-9(5)17)11(2)8(16)7(15)6(4-14)19-11/h3,6-8,14-16H,4H2,1-2H3,(H,12,17,18)/t6-,7+,8?,11-/m1/s1. The van der Waals surface area contributed by atoms with Crippen LogP contribution in [-0.2, 0) is 10.5 Å². The van der Waals surface area contributed by atoms with Gasteiger partial charge < -0.3 is 20.1 Å². The van der Waals surface area contributed by atoms with Crippen LogP contribution in [0.4, 0.5) is 0 Å². The van der Waals surface area contributed by atoms with Crippen molar-refractivity contribution in [1.29, 1.82) is 0 Å². The van der Waals surface area contributed by atoms with Crippen LogP contribution in [0.15, 0.2) is 15.8 Å². The molecule has 1 aromatic heterocycles. The molecular formula is C11H16N2O6. The summed E-state index contributed by atoms with van der Waals surface area (Å²) < 4.78 is 6.38. The summed E-state index contributed by atoms with van der Waals surface area (Å²) in [4.78, 5) is 25.2. The van der Waals surface area contributed by atoms with E-state index in [1.54, 1.807) is 0 Å². The van der Waals surface area contributed by atoms with Gasteiger partial charge in [0.15, 0.2) is 5.72 Å². The predicted molar refractivity (Wildman–Crippen MR) is 63.7 cm³/mol. The van der Waals surface area contributed by atoms with Crippen molar-refractivity contribution in [2.75, 3.05) is 6.61 Å². The molecule has 8 heteroatoms. The van der Waals surface area contributed by atoms with Crippen LogP contribution in [0.1, 0.15) is 12.5 Å². The van der Waals surface area contributed by atoms with Gasteiger partial charge >= 0.3 is 5.69 Å². The van der Waals surface area contributed by atoms with Crippen LogP contribution in [0.25, 0.3) is 0 Å². The summed E-state index contributed by atoms with van der Waals surface area (Å²) in [7, 11) is 0. The maximum absolute atomic E-state index is 11.8. The lowest BCUT2D eigenvalue weighted by Gasteiger charge is -2.29. The second kappa shape index (κ2) is 4.57. The summed E-state index contributed by atoms with van der Waals surface area (Å²) in [6, 6.07) is 0. The predicted octanol–water partition coefficient (Wildman–Crippen LogP) is -2.37. The van der Waals surface area contributed by atoms with Crippen molar-refractivity contribution in [2.24, 2.45) is 0 Å². The lowest BCUT2D eigenvalue weighted by molar-refractivity contribution is -0.137. The highest BCUT2D eigenvalue weighted by atomic mass is 16.6. The molecule has 19 heavy (non-hydrogen) atoms. The zero-order valence-corrected chi connectivity index (χ0v) is 10.5. The molecule has 1 aromatic rings. The van der Waals surface area contributed by atoms with E-state index in [0.717, 1.165) is 4.57 Å². The summed E-state index contributed by atoms with van der Waals surface area (Å²) in [6.07, 6.45) is -2.49. The minimum absolute atomic E-state index is 0.263. The molecule has 4 N–H and O–H groups in total. The summed E-state index contributed by atoms with van der Waals surface area (Å²) in [5.74, 6) is 0. The van der Waals surface area contributed by atoms with Crippen LogP contribution in [0.2, 0.25) is 0 Å². The van der Waals surface area contributed by atoms with Crippen LogP contribution < -0.4 is 11.2 Å². The molecule has 4 atom stereocenters. The molecule has 0 saturated carbocycles. The number of nitrogens with zero attached hydrogens (tertiary/aromatic N) is 1. The maximum atomic E-state index is 11.8. The Kier molecular flexibility index (Phi) is 3.35. The third kappa shape index (κ3) is 2.02. The monoisotopic (exact) mass is 272 g/mol. The van der Waals surface area contributed by atoms with E-state index in [1.807, 2.05) is 0 Å². The topological polar surface area (TPSA) is 125 Å². The summed E-state index contributed by atoms with van der Waals surface area (Å²) in [5.41, 5.74) is -2.59. The smallest absolute Gasteiger partial charge is 0.330 e. The Hall–Kier alpha value is -1.48. The lowest BCUT2D eigenvalue weighted by Crippen LogP contribution is -2.49. The molecule has 8 nitrogen and oxygen atoms in total. The minimum atomic E-state index is -1.56. The number of nitrogens with one attached hydrogen (secondary N) is 1. The molecule has 0 spiro atoms. The third-order valence-electron chi connectivity index (χ3n) is 3.42. The fraction of sp³-hybridized carbons (Fsp3) is 0.636. The fourth-order valence-electron chi connectivity index (χ4n) is 2.21. The van der Waals surface area contributed by atoms with E-state index in [2.05, 4.69) is 4.98 Å². The number of aliphatic hydroxyl groups excluding tert-OH is 3. The largest absolute Gasteiger partial charge is 0.394 e. The first-order chi connectivity index (χ1) is 8.81. The van der Waals surface area contributed by atoms with Crippen molar-refractivity contribution in [2.45, 2.75) is 37.9 Å². The van der Waals surface area contributed by atoms with Crippen LogP contribution in [-0.4, -0.2) is 49.8 Å². The van der Waals surface area contributed by atoms with E-state index >= 15 is 0 Å². The molecule has 1 aliphatic heterocycles. The van der Waals surface area contributed by atoms with Gasteiger partial charge in [0.25, 0.3) is 5.56 Å². The van der Waals surface area contributed by atoms with Gasteiger partial charge in [-0.05, 0) is 13.8 Å². The fourth-order valence-corrected chi connectivity index (χ4v) is 2.21. The first-order valence-corrected chi connectivity index (χ1v) is 5.79. The Morgan fingerprint density at radius 3 is 2.63 bits per heavy atom. The number of H-pyrrole nitrogens is 1. The molecule has 2 heterocycles. The highest BCUT2D eigenvalue weighted by Gasteiger charge is 2.52. The van der Waals surface area contributed by atoms with E-state index in [9.17, 15) is 19.8 Å². The Labute approximate surface area is 107 Å². The van der Waals surface area contributed by atoms with E-state index in [-0.39, 0.29) is 5.56 Å². The number of rotatable bonds is 2. The first kappa shape index (κ1) is 13.9. The highest BCUT2D eigenvalue weighted by molar-refractivity contribution is 5.06. The van der Waals surface area contributed by atoms with Crippen LogP contribution in [0, 0.1) is 6.92 Å².